The van der Waals surface area contributed by atoms with Crippen molar-refractivity contribution in [3.05, 3.63) is 84.1 Å². The van der Waals surface area contributed by atoms with Crippen molar-refractivity contribution in [2.75, 3.05) is 11.4 Å². The van der Waals surface area contributed by atoms with Crippen LogP contribution in [-0.2, 0) is 13.1 Å². The number of anilines is 1. The summed E-state index contributed by atoms with van der Waals surface area (Å²) in [4.78, 5) is 26.9. The third-order valence-corrected chi connectivity index (χ3v) is 4.01. The van der Waals surface area contributed by atoms with Crippen LogP contribution in [0.15, 0.2) is 67.3 Å². The van der Waals surface area contributed by atoms with Crippen LogP contribution >= 0.6 is 0 Å². The SMILES string of the molecule is CCN(Cc1ccccc1)c1cc(C(=O)NCc2ccncc2)ncn1. The molecule has 2 aromatic heterocycles. The summed E-state index contributed by atoms with van der Waals surface area (Å²) in [6, 6.07) is 15.6. The zero-order valence-electron chi connectivity index (χ0n) is 14.7. The van der Waals surface area contributed by atoms with Crippen LogP contribution in [0.3, 0.4) is 0 Å². The van der Waals surface area contributed by atoms with Gasteiger partial charge in [0.05, 0.1) is 0 Å². The molecule has 1 aromatic carbocycles. The van der Waals surface area contributed by atoms with E-state index in [0.717, 1.165) is 24.5 Å². The van der Waals surface area contributed by atoms with Crippen molar-refractivity contribution in [3.8, 4) is 0 Å². The lowest BCUT2D eigenvalue weighted by Gasteiger charge is -2.22. The van der Waals surface area contributed by atoms with Crippen LogP contribution in [0, 0.1) is 0 Å². The Morgan fingerprint density at radius 3 is 2.54 bits per heavy atom. The highest BCUT2D eigenvalue weighted by Crippen LogP contribution is 2.15. The van der Waals surface area contributed by atoms with E-state index in [-0.39, 0.29) is 5.91 Å². The first kappa shape index (κ1) is 17.5. The van der Waals surface area contributed by atoms with E-state index in [9.17, 15) is 4.79 Å². The molecule has 2 heterocycles. The van der Waals surface area contributed by atoms with Crippen LogP contribution in [0.2, 0.25) is 0 Å². The van der Waals surface area contributed by atoms with Gasteiger partial charge >= 0.3 is 0 Å². The highest BCUT2D eigenvalue weighted by atomic mass is 16.1. The Morgan fingerprint density at radius 1 is 1.04 bits per heavy atom. The molecule has 0 atom stereocenters. The summed E-state index contributed by atoms with van der Waals surface area (Å²) >= 11 is 0. The van der Waals surface area contributed by atoms with Crippen molar-refractivity contribution < 1.29 is 4.79 Å². The normalized spacial score (nSPS) is 10.3. The zero-order valence-corrected chi connectivity index (χ0v) is 14.7. The molecule has 0 saturated heterocycles. The number of hydrogen-bond acceptors (Lipinski definition) is 5. The van der Waals surface area contributed by atoms with Crippen molar-refractivity contribution in [1.29, 1.82) is 0 Å². The summed E-state index contributed by atoms with van der Waals surface area (Å²) in [5.41, 5.74) is 2.54. The minimum Gasteiger partial charge on any atom is -0.352 e. The van der Waals surface area contributed by atoms with Gasteiger partial charge in [-0.2, -0.15) is 0 Å². The minimum absolute atomic E-state index is 0.221. The maximum absolute atomic E-state index is 12.4. The molecular formula is C20H21N5O. The second kappa shape index (κ2) is 8.71. The fraction of sp³-hybridized carbons (Fsp3) is 0.200. The molecule has 0 aliphatic carbocycles. The van der Waals surface area contributed by atoms with Gasteiger partial charge < -0.3 is 10.2 Å². The van der Waals surface area contributed by atoms with Gasteiger partial charge in [0.2, 0.25) is 0 Å². The molecule has 26 heavy (non-hydrogen) atoms. The highest BCUT2D eigenvalue weighted by Gasteiger charge is 2.12. The number of rotatable bonds is 7. The molecule has 132 valence electrons. The molecule has 0 unspecified atom stereocenters. The van der Waals surface area contributed by atoms with Crippen molar-refractivity contribution in [2.45, 2.75) is 20.0 Å². The molecule has 0 spiro atoms. The van der Waals surface area contributed by atoms with E-state index in [4.69, 9.17) is 0 Å². The molecule has 6 nitrogen and oxygen atoms in total. The molecule has 1 amide bonds. The number of benzene rings is 1. The molecule has 0 fully saturated rings. The van der Waals surface area contributed by atoms with Crippen LogP contribution < -0.4 is 10.2 Å². The molecule has 0 bridgehead atoms. The van der Waals surface area contributed by atoms with E-state index in [0.29, 0.717) is 12.2 Å². The van der Waals surface area contributed by atoms with Gasteiger partial charge in [0.15, 0.2) is 0 Å². The van der Waals surface area contributed by atoms with Gasteiger partial charge in [-0.15, -0.1) is 0 Å². The number of hydrogen-bond donors (Lipinski definition) is 1. The van der Waals surface area contributed by atoms with E-state index in [2.05, 4.69) is 44.2 Å². The van der Waals surface area contributed by atoms with Gasteiger partial charge in [0.25, 0.3) is 5.91 Å². The molecule has 0 aliphatic heterocycles. The number of nitrogens with zero attached hydrogens (tertiary/aromatic N) is 4. The fourth-order valence-corrected chi connectivity index (χ4v) is 2.58. The molecule has 0 saturated carbocycles. The average molecular weight is 347 g/mol. The van der Waals surface area contributed by atoms with Crippen molar-refractivity contribution in [2.24, 2.45) is 0 Å². The van der Waals surface area contributed by atoms with Gasteiger partial charge in [-0.3, -0.25) is 9.78 Å². The summed E-state index contributed by atoms with van der Waals surface area (Å²) < 4.78 is 0. The molecule has 0 radical (unpaired) electrons. The topological polar surface area (TPSA) is 71.0 Å². The predicted molar refractivity (Wildman–Crippen MR) is 101 cm³/mol. The Morgan fingerprint density at radius 2 is 1.81 bits per heavy atom. The van der Waals surface area contributed by atoms with Crippen LogP contribution in [0.4, 0.5) is 5.82 Å². The second-order valence-electron chi connectivity index (χ2n) is 5.80. The maximum Gasteiger partial charge on any atom is 0.270 e. The number of aromatic nitrogens is 3. The van der Waals surface area contributed by atoms with Crippen LogP contribution in [0.1, 0.15) is 28.5 Å². The van der Waals surface area contributed by atoms with E-state index in [1.807, 2.05) is 30.3 Å². The van der Waals surface area contributed by atoms with Crippen LogP contribution in [-0.4, -0.2) is 27.4 Å². The standard InChI is InChI=1S/C20H21N5O/c1-2-25(14-17-6-4-3-5-7-17)19-12-18(23-15-24-19)20(26)22-13-16-8-10-21-11-9-16/h3-12,15H,2,13-14H2,1H3,(H,22,26). The Labute approximate surface area is 153 Å². The van der Waals surface area contributed by atoms with Gasteiger partial charge in [-0.25, -0.2) is 9.97 Å². The largest absolute Gasteiger partial charge is 0.352 e. The van der Waals surface area contributed by atoms with Crippen molar-refractivity contribution in [1.82, 2.24) is 20.3 Å². The lowest BCUT2D eigenvalue weighted by molar-refractivity contribution is 0.0945. The van der Waals surface area contributed by atoms with Gasteiger partial charge in [-0.05, 0) is 30.2 Å². The summed E-state index contributed by atoms with van der Waals surface area (Å²) in [5, 5.41) is 2.87. The zero-order chi connectivity index (χ0) is 18.2. The van der Waals surface area contributed by atoms with Gasteiger partial charge in [-0.1, -0.05) is 30.3 Å². The minimum atomic E-state index is -0.221. The number of pyridine rings is 1. The van der Waals surface area contributed by atoms with E-state index in [1.54, 1.807) is 18.5 Å². The monoisotopic (exact) mass is 347 g/mol. The number of amides is 1. The highest BCUT2D eigenvalue weighted by molar-refractivity contribution is 5.92. The third-order valence-electron chi connectivity index (χ3n) is 4.01. The van der Waals surface area contributed by atoms with E-state index in [1.165, 1.54) is 11.9 Å². The first-order valence-corrected chi connectivity index (χ1v) is 8.54. The fourth-order valence-electron chi connectivity index (χ4n) is 2.58. The maximum atomic E-state index is 12.4. The van der Waals surface area contributed by atoms with E-state index >= 15 is 0 Å². The average Bonchev–Trinajstić information content (AvgIpc) is 2.72. The van der Waals surface area contributed by atoms with Crippen LogP contribution in [0.5, 0.6) is 0 Å². The summed E-state index contributed by atoms with van der Waals surface area (Å²) in [5.74, 6) is 0.515. The number of carbonyl (C=O) groups excluding carboxylic acids is 1. The first-order valence-electron chi connectivity index (χ1n) is 8.54. The van der Waals surface area contributed by atoms with E-state index < -0.39 is 0 Å². The lowest BCUT2D eigenvalue weighted by atomic mass is 10.2. The van der Waals surface area contributed by atoms with Crippen molar-refractivity contribution >= 4 is 11.7 Å². The number of nitrogens with one attached hydrogen (secondary N) is 1. The molecule has 3 rings (SSSR count). The third kappa shape index (κ3) is 4.63. The smallest absolute Gasteiger partial charge is 0.270 e. The Bertz CT molecular complexity index is 839. The van der Waals surface area contributed by atoms with Gasteiger partial charge in [0, 0.05) is 38.1 Å². The Balaban J connectivity index is 1.69. The summed E-state index contributed by atoms with van der Waals surface area (Å²) in [6.45, 7) is 4.01. The summed E-state index contributed by atoms with van der Waals surface area (Å²) in [7, 11) is 0. The molecule has 3 aromatic rings. The molecule has 0 aliphatic rings. The molecular weight excluding hydrogens is 326 g/mol. The van der Waals surface area contributed by atoms with Crippen LogP contribution in [0.25, 0.3) is 0 Å². The molecule has 1 N–H and O–H groups in total. The predicted octanol–water partition coefficient (Wildman–Crippen LogP) is 2.83. The van der Waals surface area contributed by atoms with Crippen molar-refractivity contribution in [3.63, 3.8) is 0 Å². The summed E-state index contributed by atoms with van der Waals surface area (Å²) in [6.07, 6.45) is 4.84. The lowest BCUT2D eigenvalue weighted by Crippen LogP contribution is -2.26. The number of carbonyl (C=O) groups is 1. The Hall–Kier alpha value is -3.28. The second-order valence-corrected chi connectivity index (χ2v) is 5.80. The molecule has 6 heteroatoms. The Kier molecular flexibility index (Phi) is 5.88. The van der Waals surface area contributed by atoms with Gasteiger partial charge in [0.1, 0.15) is 17.8 Å². The first-order chi connectivity index (χ1) is 12.8. The quantitative estimate of drug-likeness (QED) is 0.712.